The summed E-state index contributed by atoms with van der Waals surface area (Å²) in [5, 5.41) is 0.536. The van der Waals surface area contributed by atoms with Crippen molar-refractivity contribution >= 4 is 17.0 Å². The quantitative estimate of drug-likeness (QED) is 0.726. The van der Waals surface area contributed by atoms with E-state index in [4.69, 9.17) is 10.5 Å². The van der Waals surface area contributed by atoms with E-state index >= 15 is 0 Å². The first-order chi connectivity index (χ1) is 7.15. The number of nitrogens with one attached hydrogen (secondary N) is 1. The highest BCUT2D eigenvalue weighted by atomic mass is 16.5. The van der Waals surface area contributed by atoms with Crippen molar-refractivity contribution < 1.29 is 4.74 Å². The van der Waals surface area contributed by atoms with Gasteiger partial charge in [-0.25, -0.2) is 0 Å². The zero-order chi connectivity index (χ0) is 11.0. The van der Waals surface area contributed by atoms with E-state index in [1.165, 1.54) is 4.57 Å². The van der Waals surface area contributed by atoms with Gasteiger partial charge in [0.05, 0.1) is 12.0 Å². The summed E-state index contributed by atoms with van der Waals surface area (Å²) in [6.07, 6.45) is 1.71. The van der Waals surface area contributed by atoms with E-state index in [0.29, 0.717) is 17.6 Å². The normalized spacial score (nSPS) is 11.1. The Labute approximate surface area is 85.7 Å². The molecule has 0 saturated heterocycles. The number of nitrogen functional groups attached to an aromatic ring is 1. The summed E-state index contributed by atoms with van der Waals surface area (Å²) in [5.74, 6) is 0.193. The zero-order valence-corrected chi connectivity index (χ0v) is 8.57. The molecule has 0 bridgehead atoms. The van der Waals surface area contributed by atoms with Crippen molar-refractivity contribution in [3.63, 3.8) is 0 Å². The molecule has 0 unspecified atom stereocenters. The van der Waals surface area contributed by atoms with E-state index in [-0.39, 0.29) is 11.5 Å². The van der Waals surface area contributed by atoms with Gasteiger partial charge >= 0.3 is 0 Å². The lowest BCUT2D eigenvalue weighted by molar-refractivity contribution is 0.186. The maximum Gasteiger partial charge on any atom is 0.264 e. The monoisotopic (exact) mass is 208 g/mol. The number of anilines is 1. The van der Waals surface area contributed by atoms with Gasteiger partial charge in [-0.15, -0.1) is 0 Å². The molecule has 0 atom stereocenters. The van der Waals surface area contributed by atoms with Crippen LogP contribution in [0.15, 0.2) is 11.0 Å². The standard InChI is InChI=1S/C9H12N4O2/c1-13-8(14)6-5(4-15-2)3-11-7(6)12-9(13)10/h3,11H,4H2,1-2H3,(H2,10,12). The maximum absolute atomic E-state index is 11.9. The Morgan fingerprint density at radius 2 is 2.40 bits per heavy atom. The van der Waals surface area contributed by atoms with Crippen molar-refractivity contribution in [2.75, 3.05) is 12.8 Å². The fraction of sp³-hybridized carbons (Fsp3) is 0.333. The van der Waals surface area contributed by atoms with E-state index in [2.05, 4.69) is 9.97 Å². The second-order valence-corrected chi connectivity index (χ2v) is 3.30. The molecule has 15 heavy (non-hydrogen) atoms. The number of H-pyrrole nitrogens is 1. The second-order valence-electron chi connectivity index (χ2n) is 3.30. The molecule has 2 rings (SSSR count). The molecule has 0 amide bonds. The predicted octanol–water partition coefficient (Wildman–Crippen LogP) is -0.00980. The van der Waals surface area contributed by atoms with Crippen molar-refractivity contribution in [3.05, 3.63) is 22.1 Å². The number of methoxy groups -OCH3 is 1. The highest BCUT2D eigenvalue weighted by Gasteiger charge is 2.11. The van der Waals surface area contributed by atoms with Crippen LogP contribution >= 0.6 is 0 Å². The topological polar surface area (TPSA) is 85.9 Å². The van der Waals surface area contributed by atoms with Crippen LogP contribution in [0.1, 0.15) is 5.56 Å². The zero-order valence-electron chi connectivity index (χ0n) is 8.57. The van der Waals surface area contributed by atoms with E-state index in [0.717, 1.165) is 5.56 Å². The molecule has 0 spiro atoms. The number of aromatic nitrogens is 3. The Balaban J connectivity index is 2.80. The van der Waals surface area contributed by atoms with Gasteiger partial charge in [0, 0.05) is 25.9 Å². The Hall–Kier alpha value is -1.82. The highest BCUT2D eigenvalue weighted by Crippen LogP contribution is 2.13. The molecule has 0 saturated carbocycles. The molecule has 0 aliphatic rings. The molecule has 6 heteroatoms. The Bertz CT molecular complexity index is 555. The minimum absolute atomic E-state index is 0.161. The van der Waals surface area contributed by atoms with Crippen LogP contribution in [0, 0.1) is 0 Å². The summed E-state index contributed by atoms with van der Waals surface area (Å²) in [6.45, 7) is 0.376. The second kappa shape index (κ2) is 3.39. The molecule has 0 fully saturated rings. The highest BCUT2D eigenvalue weighted by molar-refractivity contribution is 5.79. The first-order valence-electron chi connectivity index (χ1n) is 4.46. The molecule has 3 N–H and O–H groups in total. The van der Waals surface area contributed by atoms with Gasteiger partial charge < -0.3 is 15.5 Å². The molecule has 0 radical (unpaired) electrons. The predicted molar refractivity (Wildman–Crippen MR) is 56.5 cm³/mol. The summed E-state index contributed by atoms with van der Waals surface area (Å²) in [5.41, 5.74) is 6.70. The average Bonchev–Trinajstić information content (AvgIpc) is 2.59. The first-order valence-corrected chi connectivity index (χ1v) is 4.46. The van der Waals surface area contributed by atoms with Gasteiger partial charge in [0.15, 0.2) is 0 Å². The molecule has 80 valence electrons. The van der Waals surface area contributed by atoms with Gasteiger partial charge in [-0.05, 0) is 0 Å². The van der Waals surface area contributed by atoms with E-state index in [9.17, 15) is 4.79 Å². The molecule has 2 aromatic rings. The fourth-order valence-electron chi connectivity index (χ4n) is 1.51. The number of rotatable bonds is 2. The van der Waals surface area contributed by atoms with Gasteiger partial charge in [-0.3, -0.25) is 9.36 Å². The lowest BCUT2D eigenvalue weighted by Gasteiger charge is -2.02. The number of nitrogens with two attached hydrogens (primary N) is 1. The summed E-state index contributed by atoms with van der Waals surface area (Å²) in [4.78, 5) is 18.8. The molecule has 6 nitrogen and oxygen atoms in total. The number of fused-ring (bicyclic) bond motifs is 1. The van der Waals surface area contributed by atoms with Crippen LogP contribution in [0.3, 0.4) is 0 Å². The van der Waals surface area contributed by atoms with Gasteiger partial charge in [0.1, 0.15) is 5.65 Å². The molecule has 0 aromatic carbocycles. The van der Waals surface area contributed by atoms with Crippen molar-refractivity contribution in [2.24, 2.45) is 7.05 Å². The average molecular weight is 208 g/mol. The molecule has 0 aliphatic heterocycles. The summed E-state index contributed by atoms with van der Waals surface area (Å²) in [7, 11) is 3.17. The van der Waals surface area contributed by atoms with Gasteiger partial charge in [0.25, 0.3) is 5.56 Å². The van der Waals surface area contributed by atoms with Crippen LogP contribution in [0.2, 0.25) is 0 Å². The van der Waals surface area contributed by atoms with Crippen LogP contribution in [0.4, 0.5) is 5.95 Å². The number of aromatic amines is 1. The summed E-state index contributed by atoms with van der Waals surface area (Å²) in [6, 6.07) is 0. The van der Waals surface area contributed by atoms with Gasteiger partial charge in [-0.1, -0.05) is 0 Å². The number of hydrogen-bond acceptors (Lipinski definition) is 4. The van der Waals surface area contributed by atoms with Crippen LogP contribution in [-0.2, 0) is 18.4 Å². The van der Waals surface area contributed by atoms with Crippen LogP contribution in [-0.4, -0.2) is 21.6 Å². The van der Waals surface area contributed by atoms with Crippen molar-refractivity contribution in [3.8, 4) is 0 Å². The van der Waals surface area contributed by atoms with E-state index < -0.39 is 0 Å². The smallest absolute Gasteiger partial charge is 0.264 e. The lowest BCUT2D eigenvalue weighted by atomic mass is 10.2. The van der Waals surface area contributed by atoms with Gasteiger partial charge in [-0.2, -0.15) is 4.98 Å². The molecular weight excluding hydrogens is 196 g/mol. The third kappa shape index (κ3) is 1.39. The first kappa shape index (κ1) is 9.72. The van der Waals surface area contributed by atoms with E-state index in [1.807, 2.05) is 0 Å². The minimum atomic E-state index is -0.161. The number of hydrogen-bond donors (Lipinski definition) is 2. The van der Waals surface area contributed by atoms with Crippen LogP contribution < -0.4 is 11.3 Å². The van der Waals surface area contributed by atoms with Gasteiger partial charge in [0.2, 0.25) is 5.95 Å². The third-order valence-electron chi connectivity index (χ3n) is 2.33. The maximum atomic E-state index is 11.9. The Morgan fingerprint density at radius 1 is 1.67 bits per heavy atom. The summed E-state index contributed by atoms with van der Waals surface area (Å²) < 4.78 is 6.31. The number of nitrogens with zero attached hydrogens (tertiary/aromatic N) is 2. The number of ether oxygens (including phenoxy) is 1. The molecule has 0 aliphatic carbocycles. The SMILES string of the molecule is COCc1c[nH]c2nc(N)n(C)c(=O)c12. The van der Waals surface area contributed by atoms with Crippen molar-refractivity contribution in [1.82, 2.24) is 14.5 Å². The minimum Gasteiger partial charge on any atom is -0.380 e. The summed E-state index contributed by atoms with van der Waals surface area (Å²) >= 11 is 0. The lowest BCUT2D eigenvalue weighted by Crippen LogP contribution is -2.21. The Morgan fingerprint density at radius 3 is 3.07 bits per heavy atom. The van der Waals surface area contributed by atoms with Crippen LogP contribution in [0.5, 0.6) is 0 Å². The third-order valence-corrected chi connectivity index (χ3v) is 2.33. The van der Waals surface area contributed by atoms with Crippen molar-refractivity contribution in [2.45, 2.75) is 6.61 Å². The molecule has 2 heterocycles. The largest absolute Gasteiger partial charge is 0.380 e. The van der Waals surface area contributed by atoms with E-state index in [1.54, 1.807) is 20.4 Å². The molecule has 2 aromatic heterocycles. The fourth-order valence-corrected chi connectivity index (χ4v) is 1.51. The van der Waals surface area contributed by atoms with Crippen LogP contribution in [0.25, 0.3) is 11.0 Å². The molecular formula is C9H12N4O2. The van der Waals surface area contributed by atoms with Crippen molar-refractivity contribution in [1.29, 1.82) is 0 Å². The Kier molecular flexibility index (Phi) is 2.20.